The van der Waals surface area contributed by atoms with Gasteiger partial charge in [-0.2, -0.15) is 0 Å². The van der Waals surface area contributed by atoms with Crippen molar-refractivity contribution in [1.82, 2.24) is 9.80 Å². The zero-order valence-electron chi connectivity index (χ0n) is 24.8. The molecule has 4 aromatic rings. The van der Waals surface area contributed by atoms with Crippen LogP contribution in [-0.4, -0.2) is 63.2 Å². The van der Waals surface area contributed by atoms with Gasteiger partial charge in [-0.3, -0.25) is 0 Å². The Morgan fingerprint density at radius 3 is 0.976 bits per heavy atom. The SMILES string of the molecule is CC(CN1c2ccccc2Sc2ccccc21)N(C)C.CC(CN1c2ccccc2Sc2ccccc21)N(C)C.Cl. The summed E-state index contributed by atoms with van der Waals surface area (Å²) in [7, 11) is 8.56. The number of hydrogen-bond acceptors (Lipinski definition) is 6. The minimum atomic E-state index is 0. The smallest absolute Gasteiger partial charge is 0.0553 e. The Kier molecular flexibility index (Phi) is 10.7. The van der Waals surface area contributed by atoms with Gasteiger partial charge >= 0.3 is 0 Å². The number of likely N-dealkylation sites (N-methyl/N-ethyl adjacent to an activating group) is 2. The molecule has 2 aliphatic rings. The minimum Gasteiger partial charge on any atom is -0.338 e. The van der Waals surface area contributed by atoms with Crippen molar-refractivity contribution in [2.24, 2.45) is 0 Å². The summed E-state index contributed by atoms with van der Waals surface area (Å²) in [4.78, 5) is 14.8. The lowest BCUT2D eigenvalue weighted by atomic mass is 10.2. The molecule has 41 heavy (non-hydrogen) atoms. The monoisotopic (exact) mass is 604 g/mol. The molecule has 0 spiro atoms. The fourth-order valence-electron chi connectivity index (χ4n) is 4.81. The highest BCUT2D eigenvalue weighted by molar-refractivity contribution is 8.00. The largest absolute Gasteiger partial charge is 0.338 e. The molecule has 0 amide bonds. The molecule has 7 heteroatoms. The van der Waals surface area contributed by atoms with Crippen LogP contribution in [0.2, 0.25) is 0 Å². The van der Waals surface area contributed by atoms with Crippen molar-refractivity contribution in [3.05, 3.63) is 97.1 Å². The maximum absolute atomic E-state index is 2.45. The Bertz CT molecular complexity index is 1240. The van der Waals surface area contributed by atoms with Crippen LogP contribution in [0.5, 0.6) is 0 Å². The second kappa shape index (κ2) is 14.0. The Balaban J connectivity index is 0.000000184. The lowest BCUT2D eigenvalue weighted by Gasteiger charge is -2.36. The van der Waals surface area contributed by atoms with Crippen LogP contribution in [0, 0.1) is 0 Å². The molecule has 0 saturated carbocycles. The second-order valence-electron chi connectivity index (χ2n) is 10.9. The van der Waals surface area contributed by atoms with Gasteiger partial charge in [-0.15, -0.1) is 12.4 Å². The molecule has 2 heterocycles. The number of halogens is 1. The summed E-state index contributed by atoms with van der Waals surface area (Å²) in [6, 6.07) is 35.7. The fourth-order valence-corrected chi connectivity index (χ4v) is 7.00. The Hall–Kier alpha value is -2.61. The van der Waals surface area contributed by atoms with Crippen LogP contribution in [0.1, 0.15) is 13.8 Å². The molecule has 216 valence electrons. The van der Waals surface area contributed by atoms with E-state index in [1.54, 1.807) is 0 Å². The highest BCUT2D eigenvalue weighted by Crippen LogP contribution is 2.49. The van der Waals surface area contributed by atoms with Gasteiger partial charge in [0.2, 0.25) is 0 Å². The van der Waals surface area contributed by atoms with Crippen LogP contribution in [-0.2, 0) is 0 Å². The Labute approximate surface area is 261 Å². The molecule has 0 aromatic heterocycles. The number of para-hydroxylation sites is 4. The van der Waals surface area contributed by atoms with Crippen LogP contribution in [0.15, 0.2) is 117 Å². The van der Waals surface area contributed by atoms with Gasteiger partial charge < -0.3 is 19.6 Å². The van der Waals surface area contributed by atoms with Crippen molar-refractivity contribution in [2.45, 2.75) is 45.5 Å². The van der Waals surface area contributed by atoms with Gasteiger partial charge in [-0.1, -0.05) is 72.1 Å². The predicted molar refractivity (Wildman–Crippen MR) is 182 cm³/mol. The van der Waals surface area contributed by atoms with Crippen molar-refractivity contribution in [1.29, 1.82) is 0 Å². The quantitative estimate of drug-likeness (QED) is 0.216. The summed E-state index contributed by atoms with van der Waals surface area (Å²) < 4.78 is 0. The summed E-state index contributed by atoms with van der Waals surface area (Å²) in [5.41, 5.74) is 5.30. The lowest BCUT2D eigenvalue weighted by Crippen LogP contribution is -2.37. The Morgan fingerprint density at radius 2 is 0.732 bits per heavy atom. The minimum absolute atomic E-state index is 0. The molecule has 2 aliphatic heterocycles. The number of benzene rings is 4. The molecule has 2 atom stereocenters. The second-order valence-corrected chi connectivity index (χ2v) is 13.1. The van der Waals surface area contributed by atoms with Crippen molar-refractivity contribution in [3.8, 4) is 0 Å². The molecule has 0 radical (unpaired) electrons. The van der Waals surface area contributed by atoms with Gasteiger partial charge in [0.05, 0.1) is 22.7 Å². The third-order valence-corrected chi connectivity index (χ3v) is 9.98. The van der Waals surface area contributed by atoms with Gasteiger partial charge in [-0.25, -0.2) is 0 Å². The molecule has 0 bridgehead atoms. The summed E-state index contributed by atoms with van der Waals surface area (Å²) in [6.07, 6.45) is 0. The fraction of sp³-hybridized carbons (Fsp3) is 0.294. The molecular weight excluding hydrogens is 564 g/mol. The summed E-state index contributed by atoms with van der Waals surface area (Å²) >= 11 is 3.73. The van der Waals surface area contributed by atoms with Crippen LogP contribution in [0.4, 0.5) is 22.7 Å². The van der Waals surface area contributed by atoms with Crippen LogP contribution in [0.25, 0.3) is 0 Å². The first kappa shape index (κ1) is 31.3. The van der Waals surface area contributed by atoms with E-state index in [9.17, 15) is 0 Å². The standard InChI is InChI=1S/2C17H20N2S.ClH/c2*1-13(18(2)3)12-19-14-8-4-6-10-16(14)20-17-11-7-5-9-15(17)19;/h2*4-11,13H,12H2,1-3H3;1H. The van der Waals surface area contributed by atoms with Crippen LogP contribution < -0.4 is 9.80 Å². The van der Waals surface area contributed by atoms with Crippen molar-refractivity contribution in [2.75, 3.05) is 51.1 Å². The highest BCUT2D eigenvalue weighted by atomic mass is 35.5. The molecule has 0 fully saturated rings. The normalized spacial score (nSPS) is 14.5. The molecule has 6 rings (SSSR count). The van der Waals surface area contributed by atoms with E-state index in [2.05, 4.69) is 159 Å². The average molecular weight is 605 g/mol. The van der Waals surface area contributed by atoms with E-state index < -0.39 is 0 Å². The first-order valence-electron chi connectivity index (χ1n) is 13.9. The zero-order chi connectivity index (χ0) is 28.2. The van der Waals surface area contributed by atoms with E-state index in [0.717, 1.165) is 13.1 Å². The van der Waals surface area contributed by atoms with E-state index >= 15 is 0 Å². The maximum Gasteiger partial charge on any atom is 0.0553 e. The van der Waals surface area contributed by atoms with Crippen molar-refractivity contribution in [3.63, 3.8) is 0 Å². The van der Waals surface area contributed by atoms with E-state index in [1.807, 2.05) is 23.5 Å². The first-order chi connectivity index (χ1) is 19.3. The van der Waals surface area contributed by atoms with Gasteiger partial charge in [0, 0.05) is 44.8 Å². The summed E-state index contributed by atoms with van der Waals surface area (Å²) in [6.45, 7) is 6.54. The molecule has 2 unspecified atom stereocenters. The van der Waals surface area contributed by atoms with E-state index in [1.165, 1.54) is 42.3 Å². The van der Waals surface area contributed by atoms with E-state index in [0.29, 0.717) is 12.1 Å². The molecule has 0 aliphatic carbocycles. The predicted octanol–water partition coefficient (Wildman–Crippen LogP) is 8.90. The number of nitrogens with zero attached hydrogens (tertiary/aromatic N) is 4. The zero-order valence-corrected chi connectivity index (χ0v) is 27.3. The highest BCUT2D eigenvalue weighted by Gasteiger charge is 2.25. The molecule has 0 saturated heterocycles. The summed E-state index contributed by atoms with van der Waals surface area (Å²) in [5, 5.41) is 0. The van der Waals surface area contributed by atoms with E-state index in [-0.39, 0.29) is 12.4 Å². The van der Waals surface area contributed by atoms with Crippen molar-refractivity contribution >= 4 is 58.7 Å². The molecule has 0 N–H and O–H groups in total. The summed E-state index contributed by atoms with van der Waals surface area (Å²) in [5.74, 6) is 0. The van der Waals surface area contributed by atoms with Gasteiger partial charge in [0.1, 0.15) is 0 Å². The number of fused-ring (bicyclic) bond motifs is 4. The number of hydrogen-bond donors (Lipinski definition) is 0. The van der Waals surface area contributed by atoms with E-state index in [4.69, 9.17) is 0 Å². The van der Waals surface area contributed by atoms with Gasteiger partial charge in [0.25, 0.3) is 0 Å². The molecule has 4 nitrogen and oxygen atoms in total. The topological polar surface area (TPSA) is 13.0 Å². The van der Waals surface area contributed by atoms with Crippen LogP contribution >= 0.6 is 35.9 Å². The van der Waals surface area contributed by atoms with Gasteiger partial charge in [0.15, 0.2) is 0 Å². The van der Waals surface area contributed by atoms with Crippen LogP contribution in [0.3, 0.4) is 0 Å². The number of rotatable bonds is 6. The average Bonchev–Trinajstić information content (AvgIpc) is 2.97. The molecular formula is C34H41ClN4S2. The van der Waals surface area contributed by atoms with Crippen molar-refractivity contribution < 1.29 is 0 Å². The third-order valence-electron chi connectivity index (χ3n) is 7.72. The first-order valence-corrected chi connectivity index (χ1v) is 15.6. The molecule has 4 aromatic carbocycles. The Morgan fingerprint density at radius 1 is 0.488 bits per heavy atom. The number of anilines is 4. The maximum atomic E-state index is 2.45. The third kappa shape index (κ3) is 7.07. The van der Waals surface area contributed by atoms with Gasteiger partial charge in [-0.05, 0) is 90.6 Å². The lowest BCUT2D eigenvalue weighted by molar-refractivity contribution is 0.319.